The highest BCUT2D eigenvalue weighted by Crippen LogP contribution is 2.34. The van der Waals surface area contributed by atoms with Gasteiger partial charge in [0.05, 0.1) is 19.7 Å². The molecule has 0 bridgehead atoms. The molecule has 2 aliphatic heterocycles. The van der Waals surface area contributed by atoms with Crippen LogP contribution in [0.4, 0.5) is 0 Å². The predicted molar refractivity (Wildman–Crippen MR) is 129 cm³/mol. The Labute approximate surface area is 191 Å². The van der Waals surface area contributed by atoms with Crippen LogP contribution in [0.3, 0.4) is 0 Å². The van der Waals surface area contributed by atoms with E-state index in [9.17, 15) is 0 Å². The second kappa shape index (κ2) is 11.6. The Kier molecular flexibility index (Phi) is 9.86. The van der Waals surface area contributed by atoms with E-state index in [0.29, 0.717) is 0 Å². The molecule has 0 spiro atoms. The maximum absolute atomic E-state index is 6.09. The molecule has 0 saturated carbocycles. The zero-order valence-corrected chi connectivity index (χ0v) is 20.4. The quantitative estimate of drug-likeness (QED) is 0.364. The molecule has 1 unspecified atom stereocenters. The molecule has 1 aromatic carbocycles. The van der Waals surface area contributed by atoms with Gasteiger partial charge in [-0.2, -0.15) is 11.8 Å². The third-order valence-corrected chi connectivity index (χ3v) is 6.99. The summed E-state index contributed by atoms with van der Waals surface area (Å²) in [6.45, 7) is 10.1. The van der Waals surface area contributed by atoms with Gasteiger partial charge in [0, 0.05) is 31.1 Å². The first-order valence-corrected chi connectivity index (χ1v) is 11.2. The molecule has 2 fully saturated rings. The number of benzene rings is 1. The van der Waals surface area contributed by atoms with E-state index in [1.165, 1.54) is 11.1 Å². The Morgan fingerprint density at radius 2 is 2.04 bits per heavy atom. The summed E-state index contributed by atoms with van der Waals surface area (Å²) in [7, 11) is 0. The van der Waals surface area contributed by atoms with E-state index in [0.717, 1.165) is 64.8 Å². The highest BCUT2D eigenvalue weighted by molar-refractivity contribution is 14.0. The van der Waals surface area contributed by atoms with Gasteiger partial charge in [-0.1, -0.05) is 24.3 Å². The fourth-order valence-electron chi connectivity index (χ4n) is 3.79. The van der Waals surface area contributed by atoms with Crippen molar-refractivity contribution in [3.05, 3.63) is 35.4 Å². The summed E-state index contributed by atoms with van der Waals surface area (Å²) in [6, 6.07) is 8.51. The Bertz CT molecular complexity index is 638. The number of nitrogens with zero attached hydrogens (tertiary/aromatic N) is 2. The molecule has 158 valence electrons. The molecule has 0 aliphatic carbocycles. The van der Waals surface area contributed by atoms with Gasteiger partial charge in [-0.15, -0.1) is 24.0 Å². The second-order valence-electron chi connectivity index (χ2n) is 7.33. The molecule has 1 N–H and O–H groups in total. The van der Waals surface area contributed by atoms with Crippen LogP contribution in [-0.4, -0.2) is 67.9 Å². The fraction of sp³-hybridized carbons (Fsp3) is 0.667. The normalized spacial score (nSPS) is 22.5. The van der Waals surface area contributed by atoms with E-state index in [1.54, 1.807) is 0 Å². The molecule has 1 aromatic rings. The van der Waals surface area contributed by atoms with Gasteiger partial charge >= 0.3 is 0 Å². The number of nitrogens with one attached hydrogen (secondary N) is 1. The SMILES string of the molecule is CCNC(=NCC1(SC)CCOCC1)N1CCOC(c2ccccc2C)C1.I. The highest BCUT2D eigenvalue weighted by atomic mass is 127. The summed E-state index contributed by atoms with van der Waals surface area (Å²) in [5, 5.41) is 3.50. The third kappa shape index (κ3) is 6.00. The number of morpholine rings is 1. The predicted octanol–water partition coefficient (Wildman–Crippen LogP) is 3.86. The van der Waals surface area contributed by atoms with Crippen LogP contribution >= 0.6 is 35.7 Å². The molecule has 28 heavy (non-hydrogen) atoms. The van der Waals surface area contributed by atoms with Crippen molar-refractivity contribution in [2.75, 3.05) is 52.3 Å². The minimum Gasteiger partial charge on any atom is -0.381 e. The van der Waals surface area contributed by atoms with Crippen LogP contribution < -0.4 is 5.32 Å². The van der Waals surface area contributed by atoms with E-state index < -0.39 is 0 Å². The average Bonchev–Trinajstić information content (AvgIpc) is 2.72. The lowest BCUT2D eigenvalue weighted by Gasteiger charge is -2.37. The summed E-state index contributed by atoms with van der Waals surface area (Å²) in [6.07, 6.45) is 4.45. The van der Waals surface area contributed by atoms with Crippen molar-refractivity contribution in [1.82, 2.24) is 10.2 Å². The monoisotopic (exact) mass is 519 g/mol. The van der Waals surface area contributed by atoms with E-state index >= 15 is 0 Å². The van der Waals surface area contributed by atoms with Gasteiger partial charge in [-0.05, 0) is 44.1 Å². The van der Waals surface area contributed by atoms with Crippen molar-refractivity contribution in [2.45, 2.75) is 37.5 Å². The zero-order chi connectivity index (χ0) is 19.1. The minimum atomic E-state index is 0. The van der Waals surface area contributed by atoms with E-state index in [-0.39, 0.29) is 34.8 Å². The molecule has 2 heterocycles. The number of thioether (sulfide) groups is 1. The standard InChI is InChI=1S/C21H33N3O2S.HI/c1-4-22-20(23-16-21(27-3)9-12-25-13-10-21)24-11-14-26-19(15-24)18-8-6-5-7-17(18)2;/h5-8,19H,4,9-16H2,1-3H3,(H,22,23);1H. The molecule has 0 aromatic heterocycles. The summed E-state index contributed by atoms with van der Waals surface area (Å²) in [5.41, 5.74) is 2.57. The summed E-state index contributed by atoms with van der Waals surface area (Å²) in [4.78, 5) is 7.41. The number of hydrogen-bond donors (Lipinski definition) is 1. The van der Waals surface area contributed by atoms with E-state index in [4.69, 9.17) is 14.5 Å². The molecule has 5 nitrogen and oxygen atoms in total. The van der Waals surface area contributed by atoms with Crippen LogP contribution in [0.5, 0.6) is 0 Å². The molecular weight excluding hydrogens is 485 g/mol. The maximum atomic E-state index is 6.09. The number of aliphatic imine (C=N–C) groups is 1. The van der Waals surface area contributed by atoms with Gasteiger partial charge in [-0.3, -0.25) is 4.99 Å². The van der Waals surface area contributed by atoms with Crippen molar-refractivity contribution >= 4 is 41.7 Å². The zero-order valence-electron chi connectivity index (χ0n) is 17.3. The van der Waals surface area contributed by atoms with Crippen molar-refractivity contribution in [3.63, 3.8) is 0 Å². The Morgan fingerprint density at radius 1 is 1.29 bits per heavy atom. The Balaban J connectivity index is 0.00000280. The van der Waals surface area contributed by atoms with Crippen LogP contribution in [0.15, 0.2) is 29.3 Å². The summed E-state index contributed by atoms with van der Waals surface area (Å²) in [5.74, 6) is 1.01. The van der Waals surface area contributed by atoms with Crippen LogP contribution in [0.1, 0.15) is 37.0 Å². The van der Waals surface area contributed by atoms with Gasteiger partial charge in [0.1, 0.15) is 6.10 Å². The molecule has 0 amide bonds. The summed E-state index contributed by atoms with van der Waals surface area (Å²) < 4.78 is 11.9. The van der Waals surface area contributed by atoms with Crippen LogP contribution in [0.25, 0.3) is 0 Å². The molecule has 2 saturated heterocycles. The smallest absolute Gasteiger partial charge is 0.194 e. The van der Waals surface area contributed by atoms with Gasteiger partial charge in [0.15, 0.2) is 5.96 Å². The number of hydrogen-bond acceptors (Lipinski definition) is 4. The van der Waals surface area contributed by atoms with Crippen molar-refractivity contribution in [1.29, 1.82) is 0 Å². The lowest BCUT2D eigenvalue weighted by molar-refractivity contribution is -0.00837. The largest absolute Gasteiger partial charge is 0.381 e. The number of halogens is 1. The van der Waals surface area contributed by atoms with Gasteiger partial charge in [-0.25, -0.2) is 0 Å². The Morgan fingerprint density at radius 3 is 2.71 bits per heavy atom. The van der Waals surface area contributed by atoms with Crippen LogP contribution in [0, 0.1) is 6.92 Å². The van der Waals surface area contributed by atoms with Gasteiger partial charge < -0.3 is 19.7 Å². The molecule has 0 radical (unpaired) electrons. The van der Waals surface area contributed by atoms with Crippen LogP contribution in [0.2, 0.25) is 0 Å². The first-order chi connectivity index (χ1) is 13.2. The average molecular weight is 519 g/mol. The highest BCUT2D eigenvalue weighted by Gasteiger charge is 2.32. The Hall–Kier alpha value is -0.510. The lowest BCUT2D eigenvalue weighted by atomic mass is 9.99. The molecule has 7 heteroatoms. The second-order valence-corrected chi connectivity index (χ2v) is 8.61. The number of ether oxygens (including phenoxy) is 2. The van der Waals surface area contributed by atoms with Gasteiger partial charge in [0.25, 0.3) is 0 Å². The van der Waals surface area contributed by atoms with Crippen LogP contribution in [-0.2, 0) is 9.47 Å². The number of guanidine groups is 1. The van der Waals surface area contributed by atoms with Crippen molar-refractivity contribution in [3.8, 4) is 0 Å². The maximum Gasteiger partial charge on any atom is 0.194 e. The molecule has 2 aliphatic rings. The van der Waals surface area contributed by atoms with E-state index in [1.807, 2.05) is 11.8 Å². The van der Waals surface area contributed by atoms with E-state index in [2.05, 4.69) is 54.6 Å². The topological polar surface area (TPSA) is 46.1 Å². The van der Waals surface area contributed by atoms with Crippen molar-refractivity contribution in [2.24, 2.45) is 4.99 Å². The minimum absolute atomic E-state index is 0. The number of rotatable bonds is 5. The van der Waals surface area contributed by atoms with Crippen molar-refractivity contribution < 1.29 is 9.47 Å². The van der Waals surface area contributed by atoms with Gasteiger partial charge in [0.2, 0.25) is 0 Å². The number of aryl methyl sites for hydroxylation is 1. The lowest BCUT2D eigenvalue weighted by Crippen LogP contribution is -2.49. The first-order valence-electron chi connectivity index (χ1n) is 10.0. The molecule has 1 atom stereocenters. The first kappa shape index (κ1) is 23.8. The summed E-state index contributed by atoms with van der Waals surface area (Å²) >= 11 is 1.94. The molecule has 3 rings (SSSR count). The third-order valence-electron chi connectivity index (χ3n) is 5.59. The fourth-order valence-corrected chi connectivity index (χ4v) is 4.56. The molecular formula is C21H34IN3O2S.